The van der Waals surface area contributed by atoms with Gasteiger partial charge in [0.1, 0.15) is 0 Å². The molecule has 1 aliphatic rings. The largest absolute Gasteiger partial charge is 0.467 e. The Balaban J connectivity index is 2.26. The molecule has 0 amide bonds. The van der Waals surface area contributed by atoms with Crippen LogP contribution in [0, 0.1) is 0 Å². The van der Waals surface area contributed by atoms with E-state index in [-0.39, 0.29) is 12.0 Å². The Morgan fingerprint density at radius 2 is 1.84 bits per heavy atom. The van der Waals surface area contributed by atoms with E-state index >= 15 is 0 Å². The number of nitrogens with zero attached hydrogens (tertiary/aromatic N) is 4. The van der Waals surface area contributed by atoms with Gasteiger partial charge < -0.3 is 19.7 Å². The van der Waals surface area contributed by atoms with Crippen LogP contribution >= 0.6 is 0 Å². The summed E-state index contributed by atoms with van der Waals surface area (Å²) in [5.74, 6) is 0.628. The molecule has 1 fully saturated rings. The summed E-state index contributed by atoms with van der Waals surface area (Å²) in [6.45, 7) is 1.86. The summed E-state index contributed by atoms with van der Waals surface area (Å²) < 4.78 is 10.2. The lowest BCUT2D eigenvalue weighted by Gasteiger charge is -2.35. The van der Waals surface area contributed by atoms with Gasteiger partial charge in [0.25, 0.3) is 0 Å². The van der Waals surface area contributed by atoms with Crippen molar-refractivity contribution in [1.82, 2.24) is 20.3 Å². The third kappa shape index (κ3) is 3.23. The van der Waals surface area contributed by atoms with Crippen molar-refractivity contribution >= 4 is 5.95 Å². The lowest BCUT2D eigenvalue weighted by atomic mass is 10.0. The van der Waals surface area contributed by atoms with Gasteiger partial charge in [-0.15, -0.1) is 4.98 Å². The number of methoxy groups -OCH3 is 2. The van der Waals surface area contributed by atoms with Gasteiger partial charge in [0.05, 0.1) is 14.2 Å². The minimum atomic E-state index is 0.288. The topological polar surface area (TPSA) is 72.4 Å². The van der Waals surface area contributed by atoms with E-state index in [0.717, 1.165) is 25.9 Å². The first-order valence-electron chi connectivity index (χ1n) is 6.53. The molecule has 2 rings (SSSR count). The van der Waals surface area contributed by atoms with Crippen LogP contribution in [-0.4, -0.2) is 55.4 Å². The van der Waals surface area contributed by atoms with Gasteiger partial charge in [-0.2, -0.15) is 9.97 Å². The van der Waals surface area contributed by atoms with Crippen LogP contribution in [0.15, 0.2) is 0 Å². The summed E-state index contributed by atoms with van der Waals surface area (Å²) in [7, 11) is 5.04. The van der Waals surface area contributed by atoms with E-state index in [4.69, 9.17) is 9.47 Å². The standard InChI is InChI=1S/C12H21N5O2/c1-13-8-9-6-4-5-7-17(9)10-14-11(18-2)16-12(15-10)19-3/h9,13H,4-8H2,1-3H3. The average Bonchev–Trinajstić information content (AvgIpc) is 2.47. The van der Waals surface area contributed by atoms with E-state index in [1.165, 1.54) is 6.42 Å². The number of anilines is 1. The molecule has 0 radical (unpaired) electrons. The van der Waals surface area contributed by atoms with Crippen molar-refractivity contribution in [2.45, 2.75) is 25.3 Å². The normalized spacial score (nSPS) is 19.3. The highest BCUT2D eigenvalue weighted by atomic mass is 16.5. The van der Waals surface area contributed by atoms with Crippen molar-refractivity contribution in [2.75, 3.05) is 39.3 Å². The molecule has 0 saturated carbocycles. The minimum absolute atomic E-state index is 0.288. The van der Waals surface area contributed by atoms with E-state index in [1.807, 2.05) is 7.05 Å². The van der Waals surface area contributed by atoms with Crippen molar-refractivity contribution in [3.63, 3.8) is 0 Å². The highest BCUT2D eigenvalue weighted by Crippen LogP contribution is 2.24. The van der Waals surface area contributed by atoms with Crippen LogP contribution in [0.3, 0.4) is 0 Å². The summed E-state index contributed by atoms with van der Waals surface area (Å²) in [6.07, 6.45) is 3.52. The maximum atomic E-state index is 5.10. The molecule has 1 aromatic heterocycles. The van der Waals surface area contributed by atoms with Gasteiger partial charge in [0.2, 0.25) is 5.95 Å². The molecule has 0 bridgehead atoms. The SMILES string of the molecule is CNCC1CCCCN1c1nc(OC)nc(OC)n1. The van der Waals surface area contributed by atoms with Gasteiger partial charge in [-0.25, -0.2) is 0 Å². The Hall–Kier alpha value is -1.63. The lowest BCUT2D eigenvalue weighted by molar-refractivity contribution is 0.337. The first-order chi connectivity index (χ1) is 9.28. The second-order valence-electron chi connectivity index (χ2n) is 4.51. The average molecular weight is 267 g/mol. The number of hydrogen-bond acceptors (Lipinski definition) is 7. The van der Waals surface area contributed by atoms with Gasteiger partial charge >= 0.3 is 12.0 Å². The fourth-order valence-corrected chi connectivity index (χ4v) is 2.35. The Morgan fingerprint density at radius 3 is 2.42 bits per heavy atom. The monoisotopic (exact) mass is 267 g/mol. The molecule has 19 heavy (non-hydrogen) atoms. The Labute approximate surface area is 113 Å². The predicted octanol–water partition coefficient (Wildman–Crippen LogP) is 0.467. The number of nitrogens with one attached hydrogen (secondary N) is 1. The maximum absolute atomic E-state index is 5.10. The van der Waals surface area contributed by atoms with E-state index in [2.05, 4.69) is 25.2 Å². The zero-order valence-corrected chi connectivity index (χ0v) is 11.7. The van der Waals surface area contributed by atoms with E-state index in [0.29, 0.717) is 12.0 Å². The van der Waals surface area contributed by atoms with Crippen molar-refractivity contribution in [3.05, 3.63) is 0 Å². The third-order valence-electron chi connectivity index (χ3n) is 3.27. The Bertz CT molecular complexity index is 391. The van der Waals surface area contributed by atoms with Crippen molar-refractivity contribution in [2.24, 2.45) is 0 Å². The number of aromatic nitrogens is 3. The van der Waals surface area contributed by atoms with Crippen molar-refractivity contribution < 1.29 is 9.47 Å². The molecule has 1 atom stereocenters. The number of likely N-dealkylation sites (N-methyl/N-ethyl adjacent to an activating group) is 1. The molecule has 1 aromatic rings. The number of ether oxygens (including phenoxy) is 2. The zero-order chi connectivity index (χ0) is 13.7. The highest BCUT2D eigenvalue weighted by molar-refractivity contribution is 5.34. The van der Waals surface area contributed by atoms with E-state index < -0.39 is 0 Å². The second-order valence-corrected chi connectivity index (χ2v) is 4.51. The fraction of sp³-hybridized carbons (Fsp3) is 0.750. The third-order valence-corrected chi connectivity index (χ3v) is 3.27. The fourth-order valence-electron chi connectivity index (χ4n) is 2.35. The number of hydrogen-bond donors (Lipinski definition) is 1. The second kappa shape index (κ2) is 6.51. The molecule has 0 aromatic carbocycles. The summed E-state index contributed by atoms with van der Waals surface area (Å²) in [4.78, 5) is 14.9. The molecule has 7 heteroatoms. The summed E-state index contributed by atoms with van der Waals surface area (Å²) in [5.41, 5.74) is 0. The minimum Gasteiger partial charge on any atom is -0.467 e. The van der Waals surface area contributed by atoms with E-state index in [1.54, 1.807) is 14.2 Å². The summed E-state index contributed by atoms with van der Waals surface area (Å²) in [5, 5.41) is 3.22. The molecule has 1 aliphatic heterocycles. The first kappa shape index (κ1) is 13.8. The van der Waals surface area contributed by atoms with Crippen molar-refractivity contribution in [1.29, 1.82) is 0 Å². The molecule has 1 saturated heterocycles. The maximum Gasteiger partial charge on any atom is 0.324 e. The van der Waals surface area contributed by atoms with E-state index in [9.17, 15) is 0 Å². The van der Waals surface area contributed by atoms with Crippen LogP contribution in [0.2, 0.25) is 0 Å². The van der Waals surface area contributed by atoms with Crippen LogP contribution in [0.25, 0.3) is 0 Å². The molecule has 0 spiro atoms. The summed E-state index contributed by atoms with van der Waals surface area (Å²) in [6, 6.07) is 0.974. The molecule has 1 unspecified atom stereocenters. The van der Waals surface area contributed by atoms with Gasteiger partial charge in [0, 0.05) is 19.1 Å². The molecule has 2 heterocycles. The smallest absolute Gasteiger partial charge is 0.324 e. The van der Waals surface area contributed by atoms with Gasteiger partial charge in [-0.3, -0.25) is 0 Å². The van der Waals surface area contributed by atoms with Crippen LogP contribution in [0.5, 0.6) is 12.0 Å². The highest BCUT2D eigenvalue weighted by Gasteiger charge is 2.25. The summed E-state index contributed by atoms with van der Waals surface area (Å²) >= 11 is 0. The van der Waals surface area contributed by atoms with Gasteiger partial charge in [0.15, 0.2) is 0 Å². The molecule has 0 aliphatic carbocycles. The van der Waals surface area contributed by atoms with Crippen LogP contribution in [0.1, 0.15) is 19.3 Å². The molecule has 7 nitrogen and oxygen atoms in total. The molecular formula is C12H21N5O2. The molecule has 106 valence electrons. The van der Waals surface area contributed by atoms with Crippen LogP contribution in [-0.2, 0) is 0 Å². The number of rotatable bonds is 5. The van der Waals surface area contributed by atoms with Crippen LogP contribution in [0.4, 0.5) is 5.95 Å². The number of piperidine rings is 1. The van der Waals surface area contributed by atoms with Crippen LogP contribution < -0.4 is 19.7 Å². The Morgan fingerprint density at radius 1 is 1.16 bits per heavy atom. The first-order valence-corrected chi connectivity index (χ1v) is 6.53. The van der Waals surface area contributed by atoms with Gasteiger partial charge in [-0.1, -0.05) is 0 Å². The molecular weight excluding hydrogens is 246 g/mol. The molecule has 1 N–H and O–H groups in total. The Kier molecular flexibility index (Phi) is 4.73. The lowest BCUT2D eigenvalue weighted by Crippen LogP contribution is -2.45. The predicted molar refractivity (Wildman–Crippen MR) is 71.8 cm³/mol. The zero-order valence-electron chi connectivity index (χ0n) is 11.7. The quantitative estimate of drug-likeness (QED) is 0.831. The van der Waals surface area contributed by atoms with Gasteiger partial charge in [-0.05, 0) is 26.3 Å². The van der Waals surface area contributed by atoms with Crippen molar-refractivity contribution in [3.8, 4) is 12.0 Å².